The van der Waals surface area contributed by atoms with E-state index in [2.05, 4.69) is 20.5 Å². The molecule has 2 fully saturated rings. The molecule has 0 aliphatic carbocycles. The highest BCUT2D eigenvalue weighted by Gasteiger charge is 2.37. The number of nitrogens with zero attached hydrogens (tertiary/aromatic N) is 6. The molecule has 4 heterocycles. The number of carbonyl (C=O) groups is 2. The summed E-state index contributed by atoms with van der Waals surface area (Å²) < 4.78 is 2.08. The fourth-order valence-corrected chi connectivity index (χ4v) is 5.75. The summed E-state index contributed by atoms with van der Waals surface area (Å²) in [5, 5.41) is 12.0. The van der Waals surface area contributed by atoms with Gasteiger partial charge < -0.3 is 14.4 Å². The molecule has 8 nitrogen and oxygen atoms in total. The highest BCUT2D eigenvalue weighted by Crippen LogP contribution is 2.26. The predicted molar refractivity (Wildman–Crippen MR) is 142 cm³/mol. The van der Waals surface area contributed by atoms with E-state index in [9.17, 15) is 14.9 Å². The number of nitriles is 1. The van der Waals surface area contributed by atoms with Crippen LogP contribution in [0.1, 0.15) is 32.0 Å². The van der Waals surface area contributed by atoms with Gasteiger partial charge in [0.25, 0.3) is 11.8 Å². The Morgan fingerprint density at radius 3 is 2.51 bits per heavy atom. The van der Waals surface area contributed by atoms with E-state index in [1.807, 2.05) is 65.4 Å². The molecule has 0 unspecified atom stereocenters. The fourth-order valence-electron chi connectivity index (χ4n) is 5.23. The minimum atomic E-state index is 0.00450. The summed E-state index contributed by atoms with van der Waals surface area (Å²) in [4.78, 5) is 36.0. The van der Waals surface area contributed by atoms with Crippen molar-refractivity contribution in [3.8, 4) is 11.8 Å². The highest BCUT2D eigenvalue weighted by molar-refractivity contribution is 7.07. The maximum atomic E-state index is 13.2. The first-order valence-electron chi connectivity index (χ1n) is 12.3. The zero-order valence-electron chi connectivity index (χ0n) is 20.5. The third kappa shape index (κ3) is 4.28. The summed E-state index contributed by atoms with van der Waals surface area (Å²) in [5.74, 6) is 0.0577. The van der Waals surface area contributed by atoms with Gasteiger partial charge in [-0.25, -0.2) is 4.98 Å². The lowest BCUT2D eigenvalue weighted by molar-refractivity contribution is 0.00845. The van der Waals surface area contributed by atoms with E-state index >= 15 is 0 Å². The van der Waals surface area contributed by atoms with Crippen molar-refractivity contribution in [3.05, 3.63) is 81.9 Å². The molecular formula is C28H26N6O2S. The van der Waals surface area contributed by atoms with Crippen molar-refractivity contribution in [2.24, 2.45) is 0 Å². The second-order valence-electron chi connectivity index (χ2n) is 9.64. The van der Waals surface area contributed by atoms with E-state index in [-0.39, 0.29) is 11.8 Å². The third-order valence-corrected chi connectivity index (χ3v) is 8.05. The molecule has 0 saturated carbocycles. The molecule has 2 aromatic heterocycles. The zero-order chi connectivity index (χ0) is 25.5. The Bertz CT molecular complexity index is 1520. The lowest BCUT2D eigenvalue weighted by atomic mass is 10.0. The first-order chi connectivity index (χ1) is 18.0. The van der Waals surface area contributed by atoms with Crippen LogP contribution in [0.15, 0.2) is 59.6 Å². The van der Waals surface area contributed by atoms with Crippen LogP contribution in [0.3, 0.4) is 0 Å². The van der Waals surface area contributed by atoms with Crippen LogP contribution in [0.2, 0.25) is 0 Å². The van der Waals surface area contributed by atoms with Crippen LogP contribution in [0.5, 0.6) is 0 Å². The number of likely N-dealkylation sites (tertiary alicyclic amines) is 1. The molecule has 2 aliphatic heterocycles. The molecule has 2 aromatic carbocycles. The first kappa shape index (κ1) is 23.4. The zero-order valence-corrected chi connectivity index (χ0v) is 21.3. The van der Waals surface area contributed by atoms with Crippen molar-refractivity contribution in [2.75, 3.05) is 39.3 Å². The first-order valence-corrected chi connectivity index (χ1v) is 13.3. The molecule has 186 valence electrons. The standard InChI is InChI=1S/C28H26N6O2S/c1-19-12-23(4-2-22(19)14-29)34-7-6-20-13-21(3-5-26(20)34)27(35)33-15-24(16-33)31-8-10-32(11-9-31)28(36)25-17-37-18-30-25/h2-7,12-13,17-18,24H,8-11,15-16H2,1H3. The fraction of sp³-hybridized carbons (Fsp3) is 0.286. The Hall–Kier alpha value is -4.00. The monoisotopic (exact) mass is 510 g/mol. The highest BCUT2D eigenvalue weighted by atomic mass is 32.1. The van der Waals surface area contributed by atoms with Crippen molar-refractivity contribution >= 4 is 34.1 Å². The van der Waals surface area contributed by atoms with Crippen LogP contribution in [0, 0.1) is 18.3 Å². The van der Waals surface area contributed by atoms with Gasteiger partial charge in [-0.1, -0.05) is 0 Å². The number of carbonyl (C=O) groups excluding carboxylic acids is 2. The van der Waals surface area contributed by atoms with Gasteiger partial charge in [-0.05, 0) is 55.0 Å². The van der Waals surface area contributed by atoms with Crippen molar-refractivity contribution in [1.29, 1.82) is 5.26 Å². The summed E-state index contributed by atoms with van der Waals surface area (Å²) >= 11 is 1.44. The van der Waals surface area contributed by atoms with Gasteiger partial charge in [0.05, 0.1) is 22.7 Å². The Morgan fingerprint density at radius 1 is 1.00 bits per heavy atom. The molecule has 0 spiro atoms. The van der Waals surface area contributed by atoms with Gasteiger partial charge >= 0.3 is 0 Å². The molecule has 0 radical (unpaired) electrons. The quantitative estimate of drug-likeness (QED) is 0.419. The Balaban J connectivity index is 1.07. The van der Waals surface area contributed by atoms with Gasteiger partial charge in [-0.3, -0.25) is 14.5 Å². The van der Waals surface area contributed by atoms with Crippen molar-refractivity contribution in [3.63, 3.8) is 0 Å². The van der Waals surface area contributed by atoms with E-state index in [0.717, 1.165) is 35.2 Å². The van der Waals surface area contributed by atoms with E-state index in [1.165, 1.54) is 11.3 Å². The van der Waals surface area contributed by atoms with Gasteiger partial charge in [-0.15, -0.1) is 11.3 Å². The molecule has 0 bridgehead atoms. The normalized spacial score (nSPS) is 16.5. The van der Waals surface area contributed by atoms with E-state index in [1.54, 1.807) is 10.9 Å². The van der Waals surface area contributed by atoms with Crippen LogP contribution < -0.4 is 0 Å². The van der Waals surface area contributed by atoms with Crippen LogP contribution in [-0.2, 0) is 0 Å². The number of piperazine rings is 1. The Labute approximate surface area is 219 Å². The number of hydrogen-bond acceptors (Lipinski definition) is 6. The van der Waals surface area contributed by atoms with E-state index < -0.39 is 0 Å². The van der Waals surface area contributed by atoms with Crippen molar-refractivity contribution in [2.45, 2.75) is 13.0 Å². The summed E-state index contributed by atoms with van der Waals surface area (Å²) in [6.45, 7) is 6.37. The number of thiazole rings is 1. The number of aryl methyl sites for hydroxylation is 1. The maximum Gasteiger partial charge on any atom is 0.273 e. The van der Waals surface area contributed by atoms with Gasteiger partial charge in [0.2, 0.25) is 0 Å². The number of aromatic nitrogens is 2. The second-order valence-corrected chi connectivity index (χ2v) is 10.4. The van der Waals surface area contributed by atoms with Crippen LogP contribution in [0.4, 0.5) is 0 Å². The predicted octanol–water partition coefficient (Wildman–Crippen LogP) is 3.55. The number of hydrogen-bond donors (Lipinski definition) is 0. The molecular weight excluding hydrogens is 484 g/mol. The third-order valence-electron chi connectivity index (χ3n) is 7.46. The molecule has 0 atom stereocenters. The van der Waals surface area contributed by atoms with Crippen LogP contribution >= 0.6 is 11.3 Å². The summed E-state index contributed by atoms with van der Waals surface area (Å²) in [6.07, 6.45) is 2.00. The minimum absolute atomic E-state index is 0.00450. The Morgan fingerprint density at radius 2 is 1.81 bits per heavy atom. The molecule has 4 aromatic rings. The summed E-state index contributed by atoms with van der Waals surface area (Å²) in [7, 11) is 0. The summed E-state index contributed by atoms with van der Waals surface area (Å²) in [5.41, 5.74) is 6.53. The SMILES string of the molecule is Cc1cc(-n2ccc3cc(C(=O)N4CC(N5CCN(C(=O)c6cscn6)CC5)C4)ccc32)ccc1C#N. The Kier molecular flexibility index (Phi) is 5.99. The van der Waals surface area contributed by atoms with Crippen molar-refractivity contribution in [1.82, 2.24) is 24.3 Å². The summed E-state index contributed by atoms with van der Waals surface area (Å²) in [6, 6.07) is 16.2. The smallest absolute Gasteiger partial charge is 0.273 e. The lowest BCUT2D eigenvalue weighted by Gasteiger charge is -2.48. The number of amides is 2. The molecule has 0 N–H and O–H groups in total. The second kappa shape index (κ2) is 9.47. The van der Waals surface area contributed by atoms with Gasteiger partial charge in [0.15, 0.2) is 0 Å². The van der Waals surface area contributed by atoms with Gasteiger partial charge in [-0.2, -0.15) is 5.26 Å². The van der Waals surface area contributed by atoms with Crippen LogP contribution in [0.25, 0.3) is 16.6 Å². The minimum Gasteiger partial charge on any atom is -0.335 e. The lowest BCUT2D eigenvalue weighted by Crippen LogP contribution is -2.64. The number of benzene rings is 2. The van der Waals surface area contributed by atoms with Crippen LogP contribution in [-0.4, -0.2) is 81.4 Å². The average molecular weight is 511 g/mol. The van der Waals surface area contributed by atoms with E-state index in [4.69, 9.17) is 0 Å². The van der Waals surface area contributed by atoms with Gasteiger partial charge in [0.1, 0.15) is 5.69 Å². The van der Waals surface area contributed by atoms with Gasteiger partial charge in [0, 0.05) is 73.5 Å². The largest absolute Gasteiger partial charge is 0.335 e. The molecule has 37 heavy (non-hydrogen) atoms. The molecule has 2 amide bonds. The average Bonchev–Trinajstić information content (AvgIpc) is 3.58. The number of fused-ring (bicyclic) bond motifs is 1. The number of rotatable bonds is 4. The molecule has 6 rings (SSSR count). The maximum absolute atomic E-state index is 13.2. The topological polar surface area (TPSA) is 85.5 Å². The molecule has 9 heteroatoms. The molecule has 2 aliphatic rings. The van der Waals surface area contributed by atoms with E-state index in [0.29, 0.717) is 49.0 Å². The molecule has 2 saturated heterocycles. The van der Waals surface area contributed by atoms with Crippen molar-refractivity contribution < 1.29 is 9.59 Å².